The van der Waals surface area contributed by atoms with Crippen molar-refractivity contribution in [3.8, 4) is 5.75 Å². The molecule has 0 spiro atoms. The minimum Gasteiger partial charge on any atom is -0.497 e. The second-order valence-electron chi connectivity index (χ2n) is 5.96. The molecule has 0 heterocycles. The first kappa shape index (κ1) is 17.0. The van der Waals surface area contributed by atoms with Crippen molar-refractivity contribution >= 4 is 0 Å². The number of aryl methyl sites for hydroxylation is 1. The van der Waals surface area contributed by atoms with Crippen LogP contribution in [0.4, 0.5) is 0 Å². The molecule has 0 saturated carbocycles. The summed E-state index contributed by atoms with van der Waals surface area (Å²) in [6, 6.07) is 8.85. The lowest BCUT2D eigenvalue weighted by atomic mass is 10.0. The highest BCUT2D eigenvalue weighted by atomic mass is 16.5. The van der Waals surface area contributed by atoms with E-state index in [9.17, 15) is 5.11 Å². The van der Waals surface area contributed by atoms with Gasteiger partial charge in [-0.2, -0.15) is 0 Å². The highest BCUT2D eigenvalue weighted by molar-refractivity contribution is 5.27. The molecule has 3 heteroatoms. The largest absolute Gasteiger partial charge is 0.497 e. The third kappa shape index (κ3) is 6.40. The van der Waals surface area contributed by atoms with Crippen LogP contribution < -0.4 is 10.1 Å². The van der Waals surface area contributed by atoms with Crippen molar-refractivity contribution in [3.63, 3.8) is 0 Å². The van der Waals surface area contributed by atoms with Crippen molar-refractivity contribution in [3.05, 3.63) is 29.8 Å². The third-order valence-corrected chi connectivity index (χ3v) is 3.52. The normalized spacial score (nSPS) is 14.3. The summed E-state index contributed by atoms with van der Waals surface area (Å²) >= 11 is 0. The first-order chi connectivity index (χ1) is 9.55. The van der Waals surface area contributed by atoms with Gasteiger partial charge in [-0.25, -0.2) is 0 Å². The van der Waals surface area contributed by atoms with Gasteiger partial charge in [-0.05, 0) is 49.8 Å². The molecule has 0 aromatic heterocycles. The Morgan fingerprint density at radius 2 is 1.80 bits per heavy atom. The summed E-state index contributed by atoms with van der Waals surface area (Å²) in [5.41, 5.74) is 1.32. The van der Waals surface area contributed by atoms with Crippen LogP contribution in [0.15, 0.2) is 24.3 Å². The summed E-state index contributed by atoms with van der Waals surface area (Å²) in [5.74, 6) is 1.51. The Balaban J connectivity index is 2.35. The molecule has 1 aromatic carbocycles. The van der Waals surface area contributed by atoms with Crippen LogP contribution in [0.5, 0.6) is 5.75 Å². The van der Waals surface area contributed by atoms with Gasteiger partial charge in [0.15, 0.2) is 0 Å². The zero-order chi connectivity index (χ0) is 15.0. The Morgan fingerprint density at radius 3 is 2.30 bits per heavy atom. The molecule has 2 unspecified atom stereocenters. The molecule has 0 radical (unpaired) electrons. The maximum Gasteiger partial charge on any atom is 0.118 e. The summed E-state index contributed by atoms with van der Waals surface area (Å²) < 4.78 is 5.16. The van der Waals surface area contributed by atoms with E-state index >= 15 is 0 Å². The first-order valence-electron chi connectivity index (χ1n) is 7.55. The van der Waals surface area contributed by atoms with Crippen molar-refractivity contribution in [1.29, 1.82) is 0 Å². The summed E-state index contributed by atoms with van der Waals surface area (Å²) in [5, 5.41) is 12.9. The number of ether oxygens (including phenoxy) is 1. The summed E-state index contributed by atoms with van der Waals surface area (Å²) in [6.07, 6.45) is 3.13. The van der Waals surface area contributed by atoms with Crippen LogP contribution in [-0.2, 0) is 6.42 Å². The van der Waals surface area contributed by atoms with Crippen LogP contribution >= 0.6 is 0 Å². The second-order valence-corrected chi connectivity index (χ2v) is 5.96. The van der Waals surface area contributed by atoms with E-state index in [1.54, 1.807) is 7.11 Å². The molecule has 0 fully saturated rings. The fourth-order valence-corrected chi connectivity index (χ4v) is 2.43. The molecule has 20 heavy (non-hydrogen) atoms. The van der Waals surface area contributed by atoms with Crippen molar-refractivity contribution in [1.82, 2.24) is 5.32 Å². The molecule has 0 saturated heterocycles. The number of hydrogen-bond donors (Lipinski definition) is 2. The van der Waals surface area contributed by atoms with Crippen LogP contribution in [0.1, 0.15) is 39.2 Å². The second kappa shape index (κ2) is 8.98. The molecular formula is C17H29NO2. The molecule has 1 aromatic rings. The van der Waals surface area contributed by atoms with Crippen LogP contribution in [0, 0.1) is 5.92 Å². The van der Waals surface area contributed by atoms with Gasteiger partial charge >= 0.3 is 0 Å². The van der Waals surface area contributed by atoms with Gasteiger partial charge in [0, 0.05) is 12.1 Å². The molecule has 0 bridgehead atoms. The van der Waals surface area contributed by atoms with Gasteiger partial charge in [0.2, 0.25) is 0 Å². The predicted molar refractivity (Wildman–Crippen MR) is 84.2 cm³/mol. The quantitative estimate of drug-likeness (QED) is 0.730. The molecule has 3 nitrogen and oxygen atoms in total. The van der Waals surface area contributed by atoms with Gasteiger partial charge in [-0.3, -0.25) is 0 Å². The van der Waals surface area contributed by atoms with Crippen molar-refractivity contribution in [2.24, 2.45) is 5.92 Å². The average Bonchev–Trinajstić information content (AvgIpc) is 2.44. The molecule has 0 aliphatic rings. The van der Waals surface area contributed by atoms with E-state index in [1.165, 1.54) is 5.56 Å². The number of aliphatic hydroxyl groups is 1. The van der Waals surface area contributed by atoms with Gasteiger partial charge in [0.05, 0.1) is 13.7 Å². The highest BCUT2D eigenvalue weighted by Gasteiger charge is 2.12. The van der Waals surface area contributed by atoms with E-state index in [0.717, 1.165) is 25.0 Å². The van der Waals surface area contributed by atoms with Gasteiger partial charge in [-0.1, -0.05) is 26.0 Å². The highest BCUT2D eigenvalue weighted by Crippen LogP contribution is 2.13. The van der Waals surface area contributed by atoms with E-state index < -0.39 is 0 Å². The molecule has 0 aliphatic heterocycles. The lowest BCUT2D eigenvalue weighted by molar-refractivity contribution is 0.213. The maximum atomic E-state index is 9.39. The van der Waals surface area contributed by atoms with Gasteiger partial charge in [0.1, 0.15) is 5.75 Å². The standard InChI is InChI=1S/C17H29NO2/c1-13(2)11-16(12-19)18-14(3)5-6-15-7-9-17(20-4)10-8-15/h7-10,13-14,16,18-19H,5-6,11-12H2,1-4H3. The molecule has 114 valence electrons. The lowest BCUT2D eigenvalue weighted by Gasteiger charge is -2.23. The molecule has 2 atom stereocenters. The third-order valence-electron chi connectivity index (χ3n) is 3.52. The summed E-state index contributed by atoms with van der Waals surface area (Å²) in [7, 11) is 1.69. The molecule has 1 rings (SSSR count). The van der Waals surface area contributed by atoms with Crippen molar-refractivity contribution in [2.45, 2.75) is 52.1 Å². The van der Waals surface area contributed by atoms with Gasteiger partial charge in [0.25, 0.3) is 0 Å². The smallest absolute Gasteiger partial charge is 0.118 e. The minimum absolute atomic E-state index is 0.209. The fraction of sp³-hybridized carbons (Fsp3) is 0.647. The summed E-state index contributed by atoms with van der Waals surface area (Å²) in [6.45, 7) is 6.77. The number of aliphatic hydroxyl groups excluding tert-OH is 1. The molecule has 2 N–H and O–H groups in total. The lowest BCUT2D eigenvalue weighted by Crippen LogP contribution is -2.40. The van der Waals surface area contributed by atoms with E-state index in [0.29, 0.717) is 12.0 Å². The Kier molecular flexibility index (Phi) is 7.63. The van der Waals surface area contributed by atoms with Crippen molar-refractivity contribution in [2.75, 3.05) is 13.7 Å². The Bertz CT molecular complexity index is 362. The maximum absolute atomic E-state index is 9.39. The van der Waals surface area contributed by atoms with Crippen LogP contribution in [0.25, 0.3) is 0 Å². The van der Waals surface area contributed by atoms with Crippen LogP contribution in [0.3, 0.4) is 0 Å². The minimum atomic E-state index is 0.209. The predicted octanol–water partition coefficient (Wildman–Crippen LogP) is 3.01. The average molecular weight is 279 g/mol. The van der Waals surface area contributed by atoms with Gasteiger partial charge < -0.3 is 15.2 Å². The Hall–Kier alpha value is -1.06. The Morgan fingerprint density at radius 1 is 1.15 bits per heavy atom. The van der Waals surface area contributed by atoms with Crippen molar-refractivity contribution < 1.29 is 9.84 Å². The molecular weight excluding hydrogens is 250 g/mol. The zero-order valence-electron chi connectivity index (χ0n) is 13.2. The van der Waals surface area contributed by atoms with Gasteiger partial charge in [-0.15, -0.1) is 0 Å². The fourth-order valence-electron chi connectivity index (χ4n) is 2.43. The van der Waals surface area contributed by atoms with E-state index in [1.807, 2.05) is 12.1 Å². The monoisotopic (exact) mass is 279 g/mol. The topological polar surface area (TPSA) is 41.5 Å². The number of nitrogens with one attached hydrogen (secondary N) is 1. The summed E-state index contributed by atoms with van der Waals surface area (Å²) in [4.78, 5) is 0. The number of hydrogen-bond acceptors (Lipinski definition) is 3. The zero-order valence-corrected chi connectivity index (χ0v) is 13.2. The van der Waals surface area contributed by atoms with E-state index in [-0.39, 0.29) is 12.6 Å². The van der Waals surface area contributed by atoms with Crippen LogP contribution in [0.2, 0.25) is 0 Å². The number of methoxy groups -OCH3 is 1. The van der Waals surface area contributed by atoms with E-state index in [4.69, 9.17) is 4.74 Å². The first-order valence-corrected chi connectivity index (χ1v) is 7.55. The van der Waals surface area contributed by atoms with Crippen LogP contribution in [-0.4, -0.2) is 30.9 Å². The number of rotatable bonds is 9. The number of benzene rings is 1. The van der Waals surface area contributed by atoms with E-state index in [2.05, 4.69) is 38.2 Å². The molecule has 0 amide bonds. The Labute approximate surface area is 123 Å². The SMILES string of the molecule is COc1ccc(CCC(C)NC(CO)CC(C)C)cc1. The molecule has 0 aliphatic carbocycles.